The molecule has 0 radical (unpaired) electrons. The Hall–Kier alpha value is -4.12. The summed E-state index contributed by atoms with van der Waals surface area (Å²) in [7, 11) is 1.59. The summed E-state index contributed by atoms with van der Waals surface area (Å²) >= 11 is 0. The zero-order valence-electron chi connectivity index (χ0n) is 19.2. The van der Waals surface area contributed by atoms with E-state index in [0.717, 1.165) is 6.54 Å². The quantitative estimate of drug-likeness (QED) is 0.417. The van der Waals surface area contributed by atoms with Crippen LogP contribution in [0.5, 0.6) is 5.75 Å². The van der Waals surface area contributed by atoms with E-state index in [1.165, 1.54) is 38.3 Å². The van der Waals surface area contributed by atoms with E-state index < -0.39 is 0 Å². The first-order valence-electron chi connectivity index (χ1n) is 11.4. The standard InChI is InChI=1S/C26H28N6O2/c1-3-19-15-29-25(17-27-19)32-24-13-23(28-14-18-8-5-4-6-9-18)22(16-30-24)26(33)31-20-10-7-11-21(12-20)34-2/h1,7,10-13,15-18H,4-6,8-9,14H2,2H3,(H,31,33)(H2,28,29,30,32). The third kappa shape index (κ3) is 6.01. The summed E-state index contributed by atoms with van der Waals surface area (Å²) in [6.07, 6.45) is 16.2. The third-order valence-electron chi connectivity index (χ3n) is 5.84. The van der Waals surface area contributed by atoms with Crippen molar-refractivity contribution in [1.29, 1.82) is 0 Å². The van der Waals surface area contributed by atoms with E-state index in [1.54, 1.807) is 25.6 Å². The van der Waals surface area contributed by atoms with Crippen LogP contribution in [0.3, 0.4) is 0 Å². The van der Waals surface area contributed by atoms with Gasteiger partial charge in [-0.3, -0.25) is 4.79 Å². The number of rotatable bonds is 8. The number of anilines is 4. The number of aromatic nitrogens is 3. The van der Waals surface area contributed by atoms with Crippen LogP contribution in [0.4, 0.5) is 23.0 Å². The van der Waals surface area contributed by atoms with E-state index in [4.69, 9.17) is 11.2 Å². The van der Waals surface area contributed by atoms with Crippen LogP contribution in [0.2, 0.25) is 0 Å². The minimum absolute atomic E-state index is 0.253. The molecular formula is C26H28N6O2. The van der Waals surface area contributed by atoms with E-state index in [1.807, 2.05) is 24.3 Å². The van der Waals surface area contributed by atoms with Crippen molar-refractivity contribution in [2.75, 3.05) is 29.6 Å². The Morgan fingerprint density at radius 1 is 1.09 bits per heavy atom. The van der Waals surface area contributed by atoms with Crippen molar-refractivity contribution in [2.24, 2.45) is 5.92 Å². The maximum absolute atomic E-state index is 13.1. The van der Waals surface area contributed by atoms with Gasteiger partial charge >= 0.3 is 0 Å². The maximum atomic E-state index is 13.1. The Morgan fingerprint density at radius 2 is 1.91 bits per heavy atom. The molecule has 3 N–H and O–H groups in total. The number of nitrogens with one attached hydrogen (secondary N) is 3. The van der Waals surface area contributed by atoms with Crippen LogP contribution in [-0.2, 0) is 0 Å². The number of nitrogens with zero attached hydrogens (tertiary/aromatic N) is 3. The molecule has 1 fully saturated rings. The van der Waals surface area contributed by atoms with Gasteiger partial charge in [-0.2, -0.15) is 0 Å². The summed E-state index contributed by atoms with van der Waals surface area (Å²) in [5, 5.41) is 9.54. The molecule has 0 spiro atoms. The maximum Gasteiger partial charge on any atom is 0.259 e. The van der Waals surface area contributed by atoms with Gasteiger partial charge < -0.3 is 20.7 Å². The van der Waals surface area contributed by atoms with Crippen molar-refractivity contribution in [1.82, 2.24) is 15.0 Å². The summed E-state index contributed by atoms with van der Waals surface area (Å²) in [4.78, 5) is 26.0. The molecule has 1 amide bonds. The molecule has 3 aromatic rings. The number of hydrogen-bond donors (Lipinski definition) is 3. The smallest absolute Gasteiger partial charge is 0.259 e. The SMILES string of the molecule is C#Cc1cnc(Nc2cc(NCC3CCCCC3)c(C(=O)Nc3cccc(OC)c3)cn2)cn1. The second-order valence-corrected chi connectivity index (χ2v) is 8.24. The van der Waals surface area contributed by atoms with Gasteiger partial charge in [0.25, 0.3) is 5.91 Å². The lowest BCUT2D eigenvalue weighted by Gasteiger charge is -2.23. The summed E-state index contributed by atoms with van der Waals surface area (Å²) in [6.45, 7) is 0.805. The third-order valence-corrected chi connectivity index (χ3v) is 5.84. The van der Waals surface area contributed by atoms with Crippen molar-refractivity contribution in [2.45, 2.75) is 32.1 Å². The predicted molar refractivity (Wildman–Crippen MR) is 133 cm³/mol. The second-order valence-electron chi connectivity index (χ2n) is 8.24. The van der Waals surface area contributed by atoms with E-state index in [0.29, 0.717) is 45.9 Å². The van der Waals surface area contributed by atoms with Gasteiger partial charge in [-0.25, -0.2) is 15.0 Å². The van der Waals surface area contributed by atoms with Gasteiger partial charge in [0.1, 0.15) is 23.1 Å². The van der Waals surface area contributed by atoms with E-state index in [9.17, 15) is 4.79 Å². The Bertz CT molecular complexity index is 1170. The van der Waals surface area contributed by atoms with Gasteiger partial charge in [0, 0.05) is 30.6 Å². The summed E-state index contributed by atoms with van der Waals surface area (Å²) < 4.78 is 5.25. The highest BCUT2D eigenvalue weighted by Crippen LogP contribution is 2.27. The number of benzene rings is 1. The van der Waals surface area contributed by atoms with Gasteiger partial charge in [-0.1, -0.05) is 25.3 Å². The van der Waals surface area contributed by atoms with Crippen LogP contribution in [0.25, 0.3) is 0 Å². The van der Waals surface area contributed by atoms with Gasteiger partial charge in [-0.15, -0.1) is 6.42 Å². The van der Waals surface area contributed by atoms with Gasteiger partial charge in [0.2, 0.25) is 0 Å². The minimum atomic E-state index is -0.253. The summed E-state index contributed by atoms with van der Waals surface area (Å²) in [5.41, 5.74) is 2.26. The minimum Gasteiger partial charge on any atom is -0.497 e. The molecule has 174 valence electrons. The number of carbonyl (C=O) groups is 1. The molecular weight excluding hydrogens is 428 g/mol. The summed E-state index contributed by atoms with van der Waals surface area (Å²) in [5.74, 6) is 4.51. The molecule has 0 unspecified atom stereocenters. The fraction of sp³-hybridized carbons (Fsp3) is 0.308. The van der Waals surface area contributed by atoms with Crippen LogP contribution in [0.15, 0.2) is 48.9 Å². The molecule has 1 aliphatic rings. The number of terminal acetylenes is 1. The van der Waals surface area contributed by atoms with E-state index in [2.05, 4.69) is 36.8 Å². The van der Waals surface area contributed by atoms with Crippen molar-refractivity contribution in [3.8, 4) is 18.1 Å². The number of methoxy groups -OCH3 is 1. The number of hydrogen-bond acceptors (Lipinski definition) is 7. The first-order valence-corrected chi connectivity index (χ1v) is 11.4. The predicted octanol–water partition coefficient (Wildman–Crippen LogP) is 4.85. The van der Waals surface area contributed by atoms with Crippen LogP contribution in [-0.4, -0.2) is 34.5 Å². The average molecular weight is 457 g/mol. The fourth-order valence-corrected chi connectivity index (χ4v) is 3.99. The number of carbonyl (C=O) groups excluding carboxylic acids is 1. The molecule has 0 aliphatic heterocycles. The van der Waals surface area contributed by atoms with Crippen molar-refractivity contribution in [3.63, 3.8) is 0 Å². The first kappa shape index (κ1) is 23.1. The molecule has 0 saturated heterocycles. The highest BCUT2D eigenvalue weighted by Gasteiger charge is 2.17. The molecule has 8 nitrogen and oxygen atoms in total. The molecule has 1 saturated carbocycles. The molecule has 1 aliphatic carbocycles. The van der Waals surface area contributed by atoms with Crippen LogP contribution < -0.4 is 20.7 Å². The van der Waals surface area contributed by atoms with Crippen molar-refractivity contribution in [3.05, 3.63) is 60.2 Å². The Morgan fingerprint density at radius 3 is 2.65 bits per heavy atom. The molecule has 2 heterocycles. The zero-order valence-corrected chi connectivity index (χ0v) is 19.2. The number of ether oxygens (including phenoxy) is 1. The topological polar surface area (TPSA) is 101 Å². The molecule has 2 aromatic heterocycles. The lowest BCUT2D eigenvalue weighted by atomic mass is 9.89. The lowest BCUT2D eigenvalue weighted by molar-refractivity contribution is 0.102. The fourth-order valence-electron chi connectivity index (χ4n) is 3.99. The normalized spacial score (nSPS) is 13.5. The van der Waals surface area contributed by atoms with E-state index in [-0.39, 0.29) is 5.91 Å². The number of amides is 1. The van der Waals surface area contributed by atoms with E-state index >= 15 is 0 Å². The molecule has 0 atom stereocenters. The average Bonchev–Trinajstić information content (AvgIpc) is 2.88. The molecule has 34 heavy (non-hydrogen) atoms. The van der Waals surface area contributed by atoms with Crippen molar-refractivity contribution >= 4 is 28.9 Å². The molecule has 4 rings (SSSR count). The van der Waals surface area contributed by atoms with Crippen LogP contribution in [0, 0.1) is 18.3 Å². The van der Waals surface area contributed by atoms with Gasteiger partial charge in [-0.05, 0) is 36.8 Å². The van der Waals surface area contributed by atoms with Crippen LogP contribution >= 0.6 is 0 Å². The number of pyridine rings is 1. The highest BCUT2D eigenvalue weighted by molar-refractivity contribution is 6.08. The molecule has 1 aromatic carbocycles. The summed E-state index contributed by atoms with van der Waals surface area (Å²) in [6, 6.07) is 9.06. The zero-order chi connectivity index (χ0) is 23.8. The van der Waals surface area contributed by atoms with Crippen LogP contribution in [0.1, 0.15) is 48.2 Å². The molecule has 8 heteroatoms. The lowest BCUT2D eigenvalue weighted by Crippen LogP contribution is -2.20. The second kappa shape index (κ2) is 11.1. The largest absolute Gasteiger partial charge is 0.497 e. The van der Waals surface area contributed by atoms with Gasteiger partial charge in [0.05, 0.1) is 30.8 Å². The Kier molecular flexibility index (Phi) is 7.56. The van der Waals surface area contributed by atoms with Gasteiger partial charge in [0.15, 0.2) is 0 Å². The Balaban J connectivity index is 1.55. The monoisotopic (exact) mass is 456 g/mol. The Labute approximate surface area is 199 Å². The first-order chi connectivity index (χ1) is 16.6. The highest BCUT2D eigenvalue weighted by atomic mass is 16.5. The molecule has 0 bridgehead atoms. The van der Waals surface area contributed by atoms with Crippen molar-refractivity contribution < 1.29 is 9.53 Å².